The van der Waals surface area contributed by atoms with Crippen LogP contribution in [0.5, 0.6) is 0 Å². The normalized spacial score (nSPS) is 17.3. The highest BCUT2D eigenvalue weighted by Gasteiger charge is 2.34. The number of carbonyl (C=O) groups excluding carboxylic acids is 3. The molecule has 2 aliphatic rings. The first kappa shape index (κ1) is 36.0. The molecule has 0 spiro atoms. The van der Waals surface area contributed by atoms with E-state index in [1.165, 1.54) is 11.3 Å². The number of nitrogens with one attached hydrogen (secondary N) is 3. The second-order valence-corrected chi connectivity index (χ2v) is 14.8. The van der Waals surface area contributed by atoms with Gasteiger partial charge in [-0.3, -0.25) is 14.4 Å². The van der Waals surface area contributed by atoms with E-state index in [4.69, 9.17) is 0 Å². The minimum absolute atomic E-state index is 0.0321. The summed E-state index contributed by atoms with van der Waals surface area (Å²) in [5.41, 5.74) is 1.72. The van der Waals surface area contributed by atoms with Gasteiger partial charge in [0.2, 0.25) is 21.8 Å². The van der Waals surface area contributed by atoms with Crippen molar-refractivity contribution in [1.82, 2.24) is 16.0 Å². The Balaban J connectivity index is 1.43. The predicted octanol–water partition coefficient (Wildman–Crippen LogP) is 4.04. The number of aliphatic hydroxyl groups is 1. The standard InChI is InChI=1S/C37H47N5O6S/c1-26(36(45)39-28-16-8-4-9-17-28)38-25-33(43)31(24-27-14-6-3-7-15-27)40-37(46)30-20-12-21-32(35(30)41-23-13-22-34(41)44)42(49(2,47)48)29-18-10-5-11-19-29/h3,5-7,10-12,14-15,18-21,26,28,31,33,38,43H,4,8-9,13,16-17,22-25H2,1-2H3,(H,39,45)(H,40,46)/t26-,31-,33+/m0/s1. The number of sulfonamides is 1. The number of amides is 3. The molecule has 0 bridgehead atoms. The first-order chi connectivity index (χ1) is 23.5. The molecular weight excluding hydrogens is 643 g/mol. The highest BCUT2D eigenvalue weighted by molar-refractivity contribution is 7.92. The summed E-state index contributed by atoms with van der Waals surface area (Å²) in [6, 6.07) is 21.5. The molecule has 0 aromatic heterocycles. The van der Waals surface area contributed by atoms with Crippen molar-refractivity contribution in [2.24, 2.45) is 0 Å². The smallest absolute Gasteiger partial charge is 0.253 e. The van der Waals surface area contributed by atoms with Crippen LogP contribution in [0, 0.1) is 0 Å². The third-order valence-corrected chi connectivity index (χ3v) is 10.3. The molecule has 1 saturated heterocycles. The van der Waals surface area contributed by atoms with E-state index >= 15 is 0 Å². The second kappa shape index (κ2) is 16.4. The van der Waals surface area contributed by atoms with E-state index in [2.05, 4.69) is 16.0 Å². The van der Waals surface area contributed by atoms with Crippen molar-refractivity contribution in [1.29, 1.82) is 0 Å². The largest absolute Gasteiger partial charge is 0.390 e. The van der Waals surface area contributed by atoms with Gasteiger partial charge in [-0.15, -0.1) is 0 Å². The van der Waals surface area contributed by atoms with Crippen LogP contribution in [0.1, 0.15) is 67.8 Å². The summed E-state index contributed by atoms with van der Waals surface area (Å²) in [6.45, 7) is 2.11. The van der Waals surface area contributed by atoms with Gasteiger partial charge in [-0.1, -0.05) is 73.9 Å². The molecule has 4 N–H and O–H groups in total. The van der Waals surface area contributed by atoms with Crippen LogP contribution in [0.4, 0.5) is 17.1 Å². The fourth-order valence-electron chi connectivity index (χ4n) is 6.62. The van der Waals surface area contributed by atoms with Crippen molar-refractivity contribution < 1.29 is 27.9 Å². The molecule has 49 heavy (non-hydrogen) atoms. The summed E-state index contributed by atoms with van der Waals surface area (Å²) in [5, 5.41) is 20.7. The molecule has 2 fully saturated rings. The summed E-state index contributed by atoms with van der Waals surface area (Å²) in [6.07, 6.45) is 6.42. The zero-order valence-corrected chi connectivity index (χ0v) is 29.0. The van der Waals surface area contributed by atoms with Crippen LogP contribution in [0.3, 0.4) is 0 Å². The number of hydrogen-bond donors (Lipinski definition) is 4. The monoisotopic (exact) mass is 689 g/mol. The summed E-state index contributed by atoms with van der Waals surface area (Å²) >= 11 is 0. The number of benzene rings is 3. The number of para-hydroxylation sites is 2. The third kappa shape index (κ3) is 9.26. The molecule has 262 valence electrons. The van der Waals surface area contributed by atoms with Crippen molar-refractivity contribution in [3.8, 4) is 0 Å². The summed E-state index contributed by atoms with van der Waals surface area (Å²) < 4.78 is 27.7. The molecule has 0 unspecified atom stereocenters. The Morgan fingerprint density at radius 1 is 0.939 bits per heavy atom. The third-order valence-electron chi connectivity index (χ3n) is 9.20. The Hall–Kier alpha value is -4.26. The highest BCUT2D eigenvalue weighted by atomic mass is 32.2. The molecule has 1 saturated carbocycles. The van der Waals surface area contributed by atoms with E-state index in [0.717, 1.165) is 41.8 Å². The van der Waals surface area contributed by atoms with Crippen LogP contribution < -0.4 is 25.2 Å². The van der Waals surface area contributed by atoms with Crippen molar-refractivity contribution in [2.75, 3.05) is 28.6 Å². The first-order valence-corrected chi connectivity index (χ1v) is 18.9. The number of aliphatic hydroxyl groups excluding tert-OH is 1. The zero-order chi connectivity index (χ0) is 35.0. The zero-order valence-electron chi connectivity index (χ0n) is 28.2. The number of carbonyl (C=O) groups is 3. The first-order valence-electron chi connectivity index (χ1n) is 17.1. The lowest BCUT2D eigenvalue weighted by molar-refractivity contribution is -0.123. The van der Waals surface area contributed by atoms with Gasteiger partial charge in [0.05, 0.1) is 47.1 Å². The van der Waals surface area contributed by atoms with E-state index in [9.17, 15) is 27.9 Å². The molecule has 1 aliphatic carbocycles. The highest BCUT2D eigenvalue weighted by Crippen LogP contribution is 2.40. The molecule has 11 nitrogen and oxygen atoms in total. The number of hydrogen-bond acceptors (Lipinski definition) is 7. The molecule has 5 rings (SSSR count). The maximum absolute atomic E-state index is 14.3. The number of anilines is 3. The van der Waals surface area contributed by atoms with E-state index in [1.54, 1.807) is 55.5 Å². The van der Waals surface area contributed by atoms with E-state index in [0.29, 0.717) is 18.7 Å². The van der Waals surface area contributed by atoms with Gasteiger partial charge in [0.15, 0.2) is 0 Å². The van der Waals surface area contributed by atoms with Crippen molar-refractivity contribution in [3.05, 3.63) is 90.0 Å². The van der Waals surface area contributed by atoms with Gasteiger partial charge < -0.3 is 26.0 Å². The molecule has 0 radical (unpaired) electrons. The molecular formula is C37H47N5O6S. The van der Waals surface area contributed by atoms with Crippen LogP contribution in [-0.2, 0) is 26.0 Å². The van der Waals surface area contributed by atoms with Crippen LogP contribution in [0.2, 0.25) is 0 Å². The van der Waals surface area contributed by atoms with Crippen LogP contribution in [0.25, 0.3) is 0 Å². The Labute approximate surface area is 289 Å². The number of rotatable bonds is 14. The average Bonchev–Trinajstić information content (AvgIpc) is 3.52. The molecule has 3 aromatic carbocycles. The Morgan fingerprint density at radius 3 is 2.24 bits per heavy atom. The summed E-state index contributed by atoms with van der Waals surface area (Å²) in [4.78, 5) is 41.8. The molecule has 1 aliphatic heterocycles. The topological polar surface area (TPSA) is 148 Å². The number of nitrogens with zero attached hydrogens (tertiary/aromatic N) is 2. The van der Waals surface area contributed by atoms with Gasteiger partial charge in [-0.05, 0) is 62.4 Å². The Bertz CT molecular complexity index is 1700. The second-order valence-electron chi connectivity index (χ2n) is 13.0. The lowest BCUT2D eigenvalue weighted by Crippen LogP contribution is -2.53. The van der Waals surface area contributed by atoms with E-state index < -0.39 is 34.1 Å². The lowest BCUT2D eigenvalue weighted by Gasteiger charge is -2.31. The van der Waals surface area contributed by atoms with E-state index in [-0.39, 0.29) is 54.2 Å². The maximum atomic E-state index is 14.3. The lowest BCUT2D eigenvalue weighted by atomic mass is 9.95. The molecule has 3 atom stereocenters. The Kier molecular flexibility index (Phi) is 12.1. The van der Waals surface area contributed by atoms with E-state index in [1.807, 2.05) is 30.3 Å². The van der Waals surface area contributed by atoms with Gasteiger partial charge in [0.1, 0.15) is 0 Å². The van der Waals surface area contributed by atoms with Crippen molar-refractivity contribution in [2.45, 2.75) is 82.5 Å². The molecule has 12 heteroatoms. The average molecular weight is 690 g/mol. The predicted molar refractivity (Wildman–Crippen MR) is 191 cm³/mol. The molecule has 3 aromatic rings. The van der Waals surface area contributed by atoms with Crippen molar-refractivity contribution >= 4 is 44.8 Å². The van der Waals surface area contributed by atoms with Crippen molar-refractivity contribution in [3.63, 3.8) is 0 Å². The summed E-state index contributed by atoms with van der Waals surface area (Å²) in [5.74, 6) is -0.914. The van der Waals surface area contributed by atoms with Crippen LogP contribution >= 0.6 is 0 Å². The summed E-state index contributed by atoms with van der Waals surface area (Å²) in [7, 11) is -3.91. The van der Waals surface area contributed by atoms with Gasteiger partial charge in [0.25, 0.3) is 5.91 Å². The van der Waals surface area contributed by atoms with Gasteiger partial charge in [-0.2, -0.15) is 0 Å². The van der Waals surface area contributed by atoms with Gasteiger partial charge in [-0.25, -0.2) is 12.7 Å². The van der Waals surface area contributed by atoms with Gasteiger partial charge in [0, 0.05) is 25.6 Å². The fraction of sp³-hybridized carbons (Fsp3) is 0.432. The van der Waals surface area contributed by atoms with Crippen LogP contribution in [-0.4, -0.2) is 74.8 Å². The van der Waals surface area contributed by atoms with Crippen LogP contribution in [0.15, 0.2) is 78.9 Å². The SMILES string of the molecule is C[C@H](NC[C@@H](O)[C@H](Cc1ccccc1)NC(=O)c1cccc(N(c2ccccc2)S(C)(=O)=O)c1N1CCCC1=O)C(=O)NC1CCCCC1. The minimum atomic E-state index is -3.91. The van der Waals surface area contributed by atoms with Gasteiger partial charge >= 0.3 is 0 Å². The Morgan fingerprint density at radius 2 is 1.61 bits per heavy atom. The molecule has 3 amide bonds. The molecule has 1 heterocycles. The fourth-order valence-corrected chi connectivity index (χ4v) is 7.63. The minimum Gasteiger partial charge on any atom is -0.390 e. The maximum Gasteiger partial charge on any atom is 0.253 e. The quantitative estimate of drug-likeness (QED) is 0.200.